The second-order valence-corrected chi connectivity index (χ2v) is 6.95. The molecule has 1 aromatic heterocycles. The van der Waals surface area contributed by atoms with Crippen molar-refractivity contribution in [3.63, 3.8) is 0 Å². The van der Waals surface area contributed by atoms with Gasteiger partial charge in [-0.15, -0.1) is 0 Å². The van der Waals surface area contributed by atoms with Crippen LogP contribution in [0.4, 0.5) is 0 Å². The van der Waals surface area contributed by atoms with Crippen LogP contribution in [0.3, 0.4) is 0 Å². The Hall–Kier alpha value is -3.25. The number of hydrogen-bond acceptors (Lipinski definition) is 6. The van der Waals surface area contributed by atoms with Crippen LogP contribution in [0.25, 0.3) is 17.0 Å². The van der Waals surface area contributed by atoms with Gasteiger partial charge in [-0.05, 0) is 48.4 Å². The molecular weight excluding hydrogens is 396 g/mol. The minimum Gasteiger partial charge on any atom is -0.489 e. The SMILES string of the molecule is Cc1cc(=O)oc2cc(OC(=O)/C=C/c3cc(Cl)c4c(c3)OCCCO4)ccc12. The first-order valence-corrected chi connectivity index (χ1v) is 9.41. The van der Waals surface area contributed by atoms with Crippen molar-refractivity contribution in [2.24, 2.45) is 0 Å². The van der Waals surface area contributed by atoms with Crippen molar-refractivity contribution in [3.8, 4) is 17.2 Å². The van der Waals surface area contributed by atoms with E-state index in [1.54, 1.807) is 30.3 Å². The number of ether oxygens (including phenoxy) is 3. The molecule has 29 heavy (non-hydrogen) atoms. The molecule has 1 aliphatic rings. The van der Waals surface area contributed by atoms with E-state index < -0.39 is 11.6 Å². The lowest BCUT2D eigenvalue weighted by Gasteiger charge is -2.10. The van der Waals surface area contributed by atoms with Gasteiger partial charge in [0.05, 0.1) is 18.2 Å². The summed E-state index contributed by atoms with van der Waals surface area (Å²) in [5.74, 6) is 0.750. The molecule has 0 radical (unpaired) electrons. The van der Waals surface area contributed by atoms with Gasteiger partial charge in [-0.3, -0.25) is 0 Å². The zero-order valence-corrected chi connectivity index (χ0v) is 16.3. The van der Waals surface area contributed by atoms with Gasteiger partial charge in [0, 0.05) is 30.0 Å². The maximum absolute atomic E-state index is 12.2. The van der Waals surface area contributed by atoms with E-state index >= 15 is 0 Å². The fourth-order valence-electron chi connectivity index (χ4n) is 3.03. The Morgan fingerprint density at radius 3 is 2.83 bits per heavy atom. The molecule has 0 amide bonds. The number of hydrogen-bond donors (Lipinski definition) is 0. The van der Waals surface area contributed by atoms with E-state index in [4.69, 9.17) is 30.2 Å². The fraction of sp³-hybridized carbons (Fsp3) is 0.182. The van der Waals surface area contributed by atoms with Crippen LogP contribution in [-0.2, 0) is 4.79 Å². The number of benzene rings is 2. The first kappa shape index (κ1) is 19.1. The van der Waals surface area contributed by atoms with Crippen LogP contribution in [-0.4, -0.2) is 19.2 Å². The lowest BCUT2D eigenvalue weighted by molar-refractivity contribution is -0.128. The summed E-state index contributed by atoms with van der Waals surface area (Å²) < 4.78 is 21.7. The van der Waals surface area contributed by atoms with Gasteiger partial charge in [0.1, 0.15) is 11.3 Å². The number of carbonyl (C=O) groups excluding carboxylic acids is 1. The molecule has 6 nitrogen and oxygen atoms in total. The maximum Gasteiger partial charge on any atom is 0.336 e. The normalized spacial score (nSPS) is 13.4. The van der Waals surface area contributed by atoms with Crippen molar-refractivity contribution in [2.45, 2.75) is 13.3 Å². The lowest BCUT2D eigenvalue weighted by atomic mass is 10.1. The molecule has 0 N–H and O–H groups in total. The largest absolute Gasteiger partial charge is 0.489 e. The van der Waals surface area contributed by atoms with Gasteiger partial charge in [-0.1, -0.05) is 11.6 Å². The third-order valence-electron chi connectivity index (χ3n) is 4.38. The summed E-state index contributed by atoms with van der Waals surface area (Å²) in [4.78, 5) is 23.7. The summed E-state index contributed by atoms with van der Waals surface area (Å²) in [7, 11) is 0. The van der Waals surface area contributed by atoms with E-state index in [2.05, 4.69) is 0 Å². The van der Waals surface area contributed by atoms with Gasteiger partial charge < -0.3 is 18.6 Å². The molecular formula is C22H17ClO6. The predicted octanol–water partition coefficient (Wildman–Crippen LogP) is 4.53. The van der Waals surface area contributed by atoms with Crippen LogP contribution >= 0.6 is 11.6 Å². The van der Waals surface area contributed by atoms with E-state index in [1.165, 1.54) is 18.2 Å². The van der Waals surface area contributed by atoms with Crippen LogP contribution in [0.15, 0.2) is 51.7 Å². The van der Waals surface area contributed by atoms with Crippen molar-refractivity contribution in [1.82, 2.24) is 0 Å². The highest BCUT2D eigenvalue weighted by Gasteiger charge is 2.15. The van der Waals surface area contributed by atoms with E-state index in [0.717, 1.165) is 17.4 Å². The van der Waals surface area contributed by atoms with Crippen LogP contribution < -0.4 is 19.8 Å². The second-order valence-electron chi connectivity index (χ2n) is 6.54. The monoisotopic (exact) mass is 412 g/mol. The fourth-order valence-corrected chi connectivity index (χ4v) is 3.30. The average molecular weight is 413 g/mol. The Balaban J connectivity index is 1.52. The van der Waals surface area contributed by atoms with E-state index in [1.807, 2.05) is 6.92 Å². The van der Waals surface area contributed by atoms with Gasteiger partial charge in [-0.2, -0.15) is 0 Å². The molecule has 0 aliphatic carbocycles. The maximum atomic E-state index is 12.2. The van der Waals surface area contributed by atoms with Crippen molar-refractivity contribution < 1.29 is 23.4 Å². The lowest BCUT2D eigenvalue weighted by Crippen LogP contribution is -2.04. The van der Waals surface area contributed by atoms with Crippen molar-refractivity contribution in [1.29, 1.82) is 0 Å². The van der Waals surface area contributed by atoms with Crippen molar-refractivity contribution >= 4 is 34.6 Å². The molecule has 0 fully saturated rings. The Morgan fingerprint density at radius 1 is 1.14 bits per heavy atom. The molecule has 0 atom stereocenters. The Labute approximate surface area is 171 Å². The number of esters is 1. The molecule has 148 valence electrons. The smallest absolute Gasteiger partial charge is 0.336 e. The molecule has 7 heteroatoms. The third kappa shape index (κ3) is 4.27. The molecule has 0 spiro atoms. The molecule has 2 aromatic carbocycles. The molecule has 0 unspecified atom stereocenters. The van der Waals surface area contributed by atoms with Gasteiger partial charge in [-0.25, -0.2) is 9.59 Å². The Morgan fingerprint density at radius 2 is 1.97 bits per heavy atom. The highest BCUT2D eigenvalue weighted by atomic mass is 35.5. The zero-order valence-electron chi connectivity index (χ0n) is 15.6. The number of halogens is 1. The Kier molecular flexibility index (Phi) is 5.27. The molecule has 2 heterocycles. The molecule has 3 aromatic rings. The number of fused-ring (bicyclic) bond motifs is 2. The predicted molar refractivity (Wildman–Crippen MR) is 109 cm³/mol. The van der Waals surface area contributed by atoms with Crippen LogP contribution in [0.2, 0.25) is 5.02 Å². The summed E-state index contributed by atoms with van der Waals surface area (Å²) in [5, 5.41) is 1.19. The standard InChI is InChI=1S/C22H17ClO6/c1-13-9-21(25)29-18-12-15(4-5-16(13)18)28-20(24)6-3-14-10-17(23)22-19(11-14)26-7-2-8-27-22/h3-6,9-12H,2,7-8H2,1H3/b6-3+. The van der Waals surface area contributed by atoms with Gasteiger partial charge >= 0.3 is 11.6 Å². The van der Waals surface area contributed by atoms with Crippen molar-refractivity contribution in [3.05, 3.63) is 69.0 Å². The van der Waals surface area contributed by atoms with E-state index in [0.29, 0.717) is 40.9 Å². The summed E-state index contributed by atoms with van der Waals surface area (Å²) in [6, 6.07) is 9.75. The molecule has 0 saturated heterocycles. The van der Waals surface area contributed by atoms with Gasteiger partial charge in [0.25, 0.3) is 0 Å². The van der Waals surface area contributed by atoms with Crippen LogP contribution in [0.5, 0.6) is 17.2 Å². The third-order valence-corrected chi connectivity index (χ3v) is 4.66. The van der Waals surface area contributed by atoms with E-state index in [9.17, 15) is 9.59 Å². The second kappa shape index (κ2) is 8.01. The number of rotatable bonds is 3. The minimum atomic E-state index is -0.581. The summed E-state index contributed by atoms with van der Waals surface area (Å²) in [6.45, 7) is 2.89. The zero-order chi connectivity index (χ0) is 20.4. The van der Waals surface area contributed by atoms with Crippen LogP contribution in [0, 0.1) is 6.92 Å². The first-order chi connectivity index (χ1) is 14.0. The summed E-state index contributed by atoms with van der Waals surface area (Å²) in [6.07, 6.45) is 3.63. The van der Waals surface area contributed by atoms with Crippen molar-refractivity contribution in [2.75, 3.05) is 13.2 Å². The number of aryl methyl sites for hydroxylation is 1. The topological polar surface area (TPSA) is 75.0 Å². The first-order valence-electron chi connectivity index (χ1n) is 9.03. The van der Waals surface area contributed by atoms with Gasteiger partial charge in [0.15, 0.2) is 11.5 Å². The summed E-state index contributed by atoms with van der Waals surface area (Å²) in [5.41, 5.74) is 1.38. The van der Waals surface area contributed by atoms with Crippen LogP contribution in [0.1, 0.15) is 17.5 Å². The highest BCUT2D eigenvalue weighted by Crippen LogP contribution is 2.38. The molecule has 0 saturated carbocycles. The molecule has 1 aliphatic heterocycles. The quantitative estimate of drug-likeness (QED) is 0.272. The Bertz CT molecular complexity index is 1180. The number of carbonyl (C=O) groups is 1. The summed E-state index contributed by atoms with van der Waals surface area (Å²) >= 11 is 6.25. The molecule has 0 bridgehead atoms. The average Bonchev–Trinajstić information content (AvgIpc) is 2.92. The molecule has 4 rings (SSSR count). The van der Waals surface area contributed by atoms with E-state index in [-0.39, 0.29) is 5.75 Å². The highest BCUT2D eigenvalue weighted by molar-refractivity contribution is 6.32. The van der Waals surface area contributed by atoms with Gasteiger partial charge in [0.2, 0.25) is 0 Å². The minimum absolute atomic E-state index is 0.276.